The van der Waals surface area contributed by atoms with E-state index in [4.69, 9.17) is 10.8 Å². The number of hydrogen-bond donors (Lipinski definition) is 2. The van der Waals surface area contributed by atoms with Crippen molar-refractivity contribution >= 4 is 11.8 Å². The van der Waals surface area contributed by atoms with Crippen molar-refractivity contribution in [2.75, 3.05) is 5.73 Å². The number of hydrogen-bond acceptors (Lipinski definition) is 3. The number of benzene rings is 1. The van der Waals surface area contributed by atoms with Gasteiger partial charge >= 0.3 is 12.1 Å². The van der Waals surface area contributed by atoms with E-state index in [-0.39, 0.29) is 17.1 Å². The van der Waals surface area contributed by atoms with Crippen LogP contribution in [0.5, 0.6) is 0 Å². The molecule has 0 aliphatic carbocycles. The van der Waals surface area contributed by atoms with Crippen molar-refractivity contribution in [3.05, 3.63) is 47.7 Å². The maximum atomic E-state index is 12.7. The fraction of sp³-hybridized carbons (Fsp3) is 0.143. The van der Waals surface area contributed by atoms with Gasteiger partial charge in [-0.05, 0) is 29.8 Å². The van der Waals surface area contributed by atoms with Crippen molar-refractivity contribution < 1.29 is 23.1 Å². The predicted molar refractivity (Wildman–Crippen MR) is 70.4 cm³/mol. The van der Waals surface area contributed by atoms with E-state index in [1.54, 1.807) is 0 Å². The molecule has 0 bridgehead atoms. The number of pyridine rings is 1. The van der Waals surface area contributed by atoms with Crippen molar-refractivity contribution in [1.82, 2.24) is 4.98 Å². The Morgan fingerprint density at radius 3 is 2.57 bits per heavy atom. The Morgan fingerprint density at radius 2 is 1.95 bits per heavy atom. The zero-order chi connectivity index (χ0) is 15.6. The second-order valence-corrected chi connectivity index (χ2v) is 4.38. The monoisotopic (exact) mass is 296 g/mol. The maximum absolute atomic E-state index is 12.7. The molecule has 7 heteroatoms. The molecular formula is C14H11F3N2O2. The number of carboxylic acids is 1. The molecule has 110 valence electrons. The molecule has 1 heterocycles. The highest BCUT2D eigenvalue weighted by Gasteiger charge is 2.30. The molecule has 1 aromatic carbocycles. The molecule has 1 aromatic heterocycles. The van der Waals surface area contributed by atoms with Crippen LogP contribution in [0.2, 0.25) is 0 Å². The molecule has 0 unspecified atom stereocenters. The number of nitrogens with zero attached hydrogens (tertiary/aromatic N) is 1. The summed E-state index contributed by atoms with van der Waals surface area (Å²) in [6.07, 6.45) is -4.89. The summed E-state index contributed by atoms with van der Waals surface area (Å²) in [4.78, 5) is 14.7. The standard InChI is InChI=1S/C14H11F3N2O2/c15-14(16,17)9-3-1-2-8(6-9)10-4-5-12(18)19-11(10)7-13(20)21/h1-6H,7H2,(H2,18,19)(H,20,21). The minimum absolute atomic E-state index is 0.113. The summed E-state index contributed by atoms with van der Waals surface area (Å²) < 4.78 is 38.2. The molecule has 3 N–H and O–H groups in total. The van der Waals surface area contributed by atoms with Gasteiger partial charge in [0.15, 0.2) is 0 Å². The molecule has 0 atom stereocenters. The topological polar surface area (TPSA) is 76.2 Å². The van der Waals surface area contributed by atoms with Crippen LogP contribution in [0, 0.1) is 0 Å². The molecule has 2 aromatic rings. The van der Waals surface area contributed by atoms with Crippen LogP contribution in [0.3, 0.4) is 0 Å². The van der Waals surface area contributed by atoms with Gasteiger partial charge in [-0.25, -0.2) is 4.98 Å². The zero-order valence-electron chi connectivity index (χ0n) is 10.7. The van der Waals surface area contributed by atoms with Gasteiger partial charge in [-0.15, -0.1) is 0 Å². The summed E-state index contributed by atoms with van der Waals surface area (Å²) in [7, 11) is 0. The Bertz CT molecular complexity index is 684. The quantitative estimate of drug-likeness (QED) is 0.913. The SMILES string of the molecule is Nc1ccc(-c2cccc(C(F)(F)F)c2)c(CC(=O)O)n1. The molecule has 0 amide bonds. The molecule has 0 spiro atoms. The zero-order valence-corrected chi connectivity index (χ0v) is 10.7. The van der Waals surface area contributed by atoms with E-state index in [2.05, 4.69) is 4.98 Å². The van der Waals surface area contributed by atoms with Crippen molar-refractivity contribution in [2.24, 2.45) is 0 Å². The first-order valence-electron chi connectivity index (χ1n) is 5.92. The van der Waals surface area contributed by atoms with Gasteiger partial charge in [-0.3, -0.25) is 4.79 Å². The normalized spacial score (nSPS) is 11.4. The lowest BCUT2D eigenvalue weighted by atomic mass is 10.00. The van der Waals surface area contributed by atoms with Gasteiger partial charge in [0.25, 0.3) is 0 Å². The first-order valence-corrected chi connectivity index (χ1v) is 5.92. The van der Waals surface area contributed by atoms with Crippen molar-refractivity contribution in [2.45, 2.75) is 12.6 Å². The first kappa shape index (κ1) is 14.8. The van der Waals surface area contributed by atoms with Crippen LogP contribution < -0.4 is 5.73 Å². The Morgan fingerprint density at radius 1 is 1.24 bits per heavy atom. The third-order valence-electron chi connectivity index (χ3n) is 2.82. The summed E-state index contributed by atoms with van der Waals surface area (Å²) in [5.41, 5.74) is 5.38. The minimum atomic E-state index is -4.47. The third kappa shape index (κ3) is 3.50. The lowest BCUT2D eigenvalue weighted by Crippen LogP contribution is -2.07. The van der Waals surface area contributed by atoms with Crippen LogP contribution >= 0.6 is 0 Å². The molecule has 0 radical (unpaired) electrons. The summed E-state index contributed by atoms with van der Waals surface area (Å²) in [6, 6.07) is 7.52. The van der Waals surface area contributed by atoms with Crippen LogP contribution in [0.25, 0.3) is 11.1 Å². The summed E-state index contributed by atoms with van der Waals surface area (Å²) in [5.74, 6) is -1.02. The fourth-order valence-electron chi connectivity index (χ4n) is 1.92. The van der Waals surface area contributed by atoms with Crippen molar-refractivity contribution in [1.29, 1.82) is 0 Å². The highest BCUT2D eigenvalue weighted by molar-refractivity contribution is 5.76. The lowest BCUT2D eigenvalue weighted by molar-refractivity contribution is -0.138. The summed E-state index contributed by atoms with van der Waals surface area (Å²) in [5, 5.41) is 8.85. The number of nitrogen functional groups attached to an aromatic ring is 1. The Balaban J connectivity index is 2.54. The first-order chi connectivity index (χ1) is 9.77. The van der Waals surface area contributed by atoms with Crippen molar-refractivity contribution in [3.63, 3.8) is 0 Å². The second-order valence-electron chi connectivity index (χ2n) is 4.38. The molecule has 0 saturated carbocycles. The lowest BCUT2D eigenvalue weighted by Gasteiger charge is -2.11. The fourth-order valence-corrected chi connectivity index (χ4v) is 1.92. The molecule has 0 aliphatic heterocycles. The van der Waals surface area contributed by atoms with Crippen LogP contribution in [0.4, 0.5) is 19.0 Å². The average Bonchev–Trinajstić information content (AvgIpc) is 2.37. The average molecular weight is 296 g/mol. The Hall–Kier alpha value is -2.57. The summed E-state index contributed by atoms with van der Waals surface area (Å²) >= 11 is 0. The molecule has 4 nitrogen and oxygen atoms in total. The van der Waals surface area contributed by atoms with Crippen LogP contribution in [0.1, 0.15) is 11.3 Å². The van der Waals surface area contributed by atoms with Gasteiger partial charge in [-0.1, -0.05) is 12.1 Å². The van der Waals surface area contributed by atoms with Gasteiger partial charge in [0.1, 0.15) is 5.82 Å². The van der Waals surface area contributed by atoms with Crippen LogP contribution in [-0.2, 0) is 17.4 Å². The molecule has 0 aliphatic rings. The number of nitrogens with two attached hydrogens (primary N) is 1. The van der Waals surface area contributed by atoms with E-state index in [1.165, 1.54) is 24.3 Å². The van der Waals surface area contributed by atoms with Gasteiger partial charge in [-0.2, -0.15) is 13.2 Å². The van der Waals surface area contributed by atoms with Gasteiger partial charge in [0.05, 0.1) is 17.7 Å². The Kier molecular flexibility index (Phi) is 3.84. The Labute approximate surface area is 118 Å². The van der Waals surface area contributed by atoms with Crippen LogP contribution in [-0.4, -0.2) is 16.1 Å². The van der Waals surface area contributed by atoms with Gasteiger partial charge < -0.3 is 10.8 Å². The van der Waals surface area contributed by atoms with Crippen LogP contribution in [0.15, 0.2) is 36.4 Å². The van der Waals surface area contributed by atoms with Gasteiger partial charge in [0.2, 0.25) is 0 Å². The van der Waals surface area contributed by atoms with E-state index in [0.717, 1.165) is 12.1 Å². The van der Waals surface area contributed by atoms with E-state index in [0.29, 0.717) is 5.56 Å². The molecule has 2 rings (SSSR count). The highest BCUT2D eigenvalue weighted by atomic mass is 19.4. The molecule has 21 heavy (non-hydrogen) atoms. The summed E-state index contributed by atoms with van der Waals surface area (Å²) in [6.45, 7) is 0. The number of anilines is 1. The molecule has 0 fully saturated rings. The second kappa shape index (κ2) is 5.43. The van der Waals surface area contributed by atoms with Crippen molar-refractivity contribution in [3.8, 4) is 11.1 Å². The van der Waals surface area contributed by atoms with E-state index in [1.807, 2.05) is 0 Å². The molecule has 0 saturated heterocycles. The number of rotatable bonds is 3. The third-order valence-corrected chi connectivity index (χ3v) is 2.82. The van der Waals surface area contributed by atoms with E-state index in [9.17, 15) is 18.0 Å². The minimum Gasteiger partial charge on any atom is -0.481 e. The van der Waals surface area contributed by atoms with E-state index < -0.39 is 24.1 Å². The van der Waals surface area contributed by atoms with Gasteiger partial charge in [0, 0.05) is 5.56 Å². The maximum Gasteiger partial charge on any atom is 0.416 e. The smallest absolute Gasteiger partial charge is 0.416 e. The number of carbonyl (C=O) groups is 1. The number of alkyl halides is 3. The largest absolute Gasteiger partial charge is 0.481 e. The number of halogens is 3. The number of aliphatic carboxylic acids is 1. The highest BCUT2D eigenvalue weighted by Crippen LogP contribution is 2.33. The predicted octanol–water partition coefficient (Wildman–Crippen LogP) is 2.98. The van der Waals surface area contributed by atoms with E-state index >= 15 is 0 Å². The number of carboxylic acid groups (broad SMARTS) is 1. The molecular weight excluding hydrogens is 285 g/mol. The number of aromatic nitrogens is 1.